The van der Waals surface area contributed by atoms with Crippen molar-refractivity contribution in [2.75, 3.05) is 13.2 Å². The first kappa shape index (κ1) is 24.0. The third kappa shape index (κ3) is 5.27. The summed E-state index contributed by atoms with van der Waals surface area (Å²) in [4.78, 5) is 82.0. The molecule has 1 aromatic carbocycles. The molecule has 15 nitrogen and oxygen atoms in total. The molecule has 0 radical (unpaired) electrons. The lowest BCUT2D eigenvalue weighted by Gasteiger charge is -2.34. The van der Waals surface area contributed by atoms with E-state index in [-0.39, 0.29) is 17.9 Å². The molecule has 170 valence electrons. The molecular weight excluding hydrogens is 432 g/mol. The van der Waals surface area contributed by atoms with Crippen LogP contribution in [0.1, 0.15) is 11.5 Å². The first-order chi connectivity index (χ1) is 15.1. The van der Waals surface area contributed by atoms with Crippen molar-refractivity contribution >= 4 is 41.4 Å². The molecule has 2 aliphatic rings. The predicted octanol–water partition coefficient (Wildman–Crippen LogP) is -2.42. The maximum absolute atomic E-state index is 12.3. The van der Waals surface area contributed by atoms with E-state index < -0.39 is 58.4 Å². The maximum Gasteiger partial charge on any atom is 0.328 e. The highest BCUT2D eigenvalue weighted by molar-refractivity contribution is 6.20. The zero-order chi connectivity index (χ0) is 24.0. The van der Waals surface area contributed by atoms with Crippen LogP contribution in [0.4, 0.5) is 15.3 Å². The number of urea groups is 2. The second-order valence-corrected chi connectivity index (χ2v) is 6.46. The average Bonchev–Trinajstić information content (AvgIpc) is 2.71. The minimum Gasteiger partial charge on any atom is -0.395 e. The molecular formula is C17H18N6O9. The zero-order valence-electron chi connectivity index (χ0n) is 16.2. The average molecular weight is 450 g/mol. The highest BCUT2D eigenvalue weighted by atomic mass is 16.6. The summed E-state index contributed by atoms with van der Waals surface area (Å²) in [6, 6.07) is 2.35. The summed E-state index contributed by atoms with van der Waals surface area (Å²) in [7, 11) is 0. The van der Waals surface area contributed by atoms with Gasteiger partial charge in [0.15, 0.2) is 0 Å². The smallest absolute Gasteiger partial charge is 0.328 e. The molecule has 2 aliphatic heterocycles. The van der Waals surface area contributed by atoms with Crippen molar-refractivity contribution in [1.82, 2.24) is 21.3 Å². The van der Waals surface area contributed by atoms with Gasteiger partial charge in [0.2, 0.25) is 23.6 Å². The number of carbonyl (C=O) groups excluding carboxylic acids is 6. The third-order valence-electron chi connectivity index (χ3n) is 4.41. The molecule has 0 aromatic heterocycles. The van der Waals surface area contributed by atoms with Gasteiger partial charge in [0, 0.05) is 24.6 Å². The van der Waals surface area contributed by atoms with Crippen LogP contribution in [0.15, 0.2) is 24.3 Å². The molecule has 0 saturated carbocycles. The van der Waals surface area contributed by atoms with E-state index in [2.05, 4.69) is 0 Å². The lowest BCUT2D eigenvalue weighted by atomic mass is 9.74. The molecule has 7 N–H and O–H groups in total. The van der Waals surface area contributed by atoms with E-state index in [1.807, 2.05) is 21.3 Å². The third-order valence-corrected chi connectivity index (χ3v) is 4.41. The van der Waals surface area contributed by atoms with Crippen molar-refractivity contribution in [2.45, 2.75) is 5.92 Å². The number of aliphatic hydroxyl groups excluding tert-OH is 1. The van der Waals surface area contributed by atoms with Crippen molar-refractivity contribution in [3.8, 4) is 0 Å². The Morgan fingerprint density at radius 3 is 1.47 bits per heavy atom. The zero-order valence-corrected chi connectivity index (χ0v) is 16.2. The van der Waals surface area contributed by atoms with Gasteiger partial charge in [-0.25, -0.2) is 9.59 Å². The Morgan fingerprint density at radius 1 is 0.844 bits per heavy atom. The fourth-order valence-electron chi connectivity index (χ4n) is 3.11. The number of rotatable bonds is 5. The van der Waals surface area contributed by atoms with Gasteiger partial charge in [-0.2, -0.15) is 0 Å². The number of imide groups is 4. The monoisotopic (exact) mass is 450 g/mol. The SMILES string of the molecule is NCCO.O=C1NC(=O)C(C(c2ccc([N+](=O)[O-])cc2)C2C(=O)NC(=O)NC2=O)C(=O)N1. The van der Waals surface area contributed by atoms with E-state index in [9.17, 15) is 38.9 Å². The molecule has 2 fully saturated rings. The number of nitro groups is 1. The number of amides is 8. The van der Waals surface area contributed by atoms with Crippen LogP contribution in [0.25, 0.3) is 0 Å². The molecule has 0 aliphatic carbocycles. The molecule has 3 rings (SSSR count). The topological polar surface area (TPSA) is 240 Å². The van der Waals surface area contributed by atoms with Gasteiger partial charge in [-0.15, -0.1) is 0 Å². The Morgan fingerprint density at radius 2 is 1.19 bits per heavy atom. The van der Waals surface area contributed by atoms with Crippen LogP contribution in [0.3, 0.4) is 0 Å². The fraction of sp³-hybridized carbons (Fsp3) is 0.294. The van der Waals surface area contributed by atoms with Gasteiger partial charge < -0.3 is 10.8 Å². The van der Waals surface area contributed by atoms with Crippen molar-refractivity contribution in [3.63, 3.8) is 0 Å². The highest BCUT2D eigenvalue weighted by Crippen LogP contribution is 2.36. The van der Waals surface area contributed by atoms with Crippen LogP contribution in [0, 0.1) is 22.0 Å². The van der Waals surface area contributed by atoms with E-state index in [0.29, 0.717) is 6.54 Å². The van der Waals surface area contributed by atoms with Gasteiger partial charge in [-0.05, 0) is 5.56 Å². The van der Waals surface area contributed by atoms with Crippen molar-refractivity contribution in [3.05, 3.63) is 39.9 Å². The number of nitrogens with one attached hydrogen (secondary N) is 4. The van der Waals surface area contributed by atoms with Gasteiger partial charge in [0.1, 0.15) is 11.8 Å². The van der Waals surface area contributed by atoms with Crippen LogP contribution < -0.4 is 27.0 Å². The van der Waals surface area contributed by atoms with Crippen molar-refractivity contribution < 1.29 is 38.8 Å². The maximum atomic E-state index is 12.3. The molecule has 1 aromatic rings. The summed E-state index contributed by atoms with van der Waals surface area (Å²) in [5.41, 5.74) is 4.54. The number of nitrogens with zero attached hydrogens (tertiary/aromatic N) is 1. The largest absolute Gasteiger partial charge is 0.395 e. The summed E-state index contributed by atoms with van der Waals surface area (Å²) < 4.78 is 0. The number of aliphatic hydroxyl groups is 1. The Labute approximate surface area is 178 Å². The normalized spacial score (nSPS) is 17.1. The Bertz CT molecular complexity index is 887. The standard InChI is InChI=1S/C15H11N5O8.C2H7NO/c21-10-8(11(22)17-14(25)16-10)7(5-1-3-6(4-2-5)20(27)28)9-12(23)18-15(26)19-13(9)24;3-1-2-4/h1-4,7-9H,(H2,16,17,21,22,25)(H2,18,19,23,24,26);4H,1-3H2. The Kier molecular flexibility index (Phi) is 7.65. The number of barbiturate groups is 2. The molecule has 2 saturated heterocycles. The van der Waals surface area contributed by atoms with Crippen LogP contribution in [0.2, 0.25) is 0 Å². The summed E-state index contributed by atoms with van der Waals surface area (Å²) in [6.45, 7) is 0.472. The number of hydrogen-bond acceptors (Lipinski definition) is 10. The number of nitrogens with two attached hydrogens (primary N) is 1. The molecule has 0 unspecified atom stereocenters. The van der Waals surface area contributed by atoms with E-state index in [0.717, 1.165) is 12.1 Å². The summed E-state index contributed by atoms with van der Waals surface area (Å²) in [5, 5.41) is 26.1. The van der Waals surface area contributed by atoms with Crippen LogP contribution in [-0.4, -0.2) is 58.9 Å². The molecule has 8 amide bonds. The molecule has 32 heavy (non-hydrogen) atoms. The molecule has 0 atom stereocenters. The van der Waals surface area contributed by atoms with Gasteiger partial charge in [0.05, 0.1) is 11.5 Å². The van der Waals surface area contributed by atoms with E-state index in [1.54, 1.807) is 0 Å². The number of non-ortho nitro benzene ring substituents is 1. The van der Waals surface area contributed by atoms with Crippen LogP contribution >= 0.6 is 0 Å². The van der Waals surface area contributed by atoms with Crippen LogP contribution in [-0.2, 0) is 19.2 Å². The van der Waals surface area contributed by atoms with Gasteiger partial charge >= 0.3 is 12.1 Å². The first-order valence-corrected chi connectivity index (χ1v) is 8.97. The van der Waals surface area contributed by atoms with Crippen LogP contribution in [0.5, 0.6) is 0 Å². The quantitative estimate of drug-likeness (QED) is 0.157. The Balaban J connectivity index is 0.000000837. The van der Waals surface area contributed by atoms with E-state index in [4.69, 9.17) is 10.8 Å². The predicted molar refractivity (Wildman–Crippen MR) is 102 cm³/mol. The van der Waals surface area contributed by atoms with Gasteiger partial charge in [-0.3, -0.25) is 50.6 Å². The number of carbonyl (C=O) groups is 6. The molecule has 15 heteroatoms. The number of benzene rings is 1. The minimum atomic E-state index is -1.69. The van der Waals surface area contributed by atoms with Crippen molar-refractivity contribution in [1.29, 1.82) is 0 Å². The highest BCUT2D eigenvalue weighted by Gasteiger charge is 2.50. The summed E-state index contributed by atoms with van der Waals surface area (Å²) in [6.07, 6.45) is 0. The van der Waals surface area contributed by atoms with Gasteiger partial charge in [-0.1, -0.05) is 12.1 Å². The summed E-state index contributed by atoms with van der Waals surface area (Å²) >= 11 is 0. The van der Waals surface area contributed by atoms with E-state index >= 15 is 0 Å². The lowest BCUT2D eigenvalue weighted by molar-refractivity contribution is -0.384. The minimum absolute atomic E-state index is 0.0693. The van der Waals surface area contributed by atoms with Gasteiger partial charge in [0.25, 0.3) is 5.69 Å². The van der Waals surface area contributed by atoms with Crippen molar-refractivity contribution in [2.24, 2.45) is 17.6 Å². The first-order valence-electron chi connectivity index (χ1n) is 8.97. The number of nitro benzene ring substituents is 1. The fourth-order valence-corrected chi connectivity index (χ4v) is 3.11. The lowest BCUT2D eigenvalue weighted by Crippen LogP contribution is -2.62. The van der Waals surface area contributed by atoms with E-state index in [1.165, 1.54) is 12.1 Å². The second-order valence-electron chi connectivity index (χ2n) is 6.46. The summed E-state index contributed by atoms with van der Waals surface area (Å²) in [5.74, 6) is -9.06. The number of hydrogen-bond donors (Lipinski definition) is 6. The molecule has 0 bridgehead atoms. The Hall–Kier alpha value is -4.24. The molecule has 2 heterocycles. The molecule has 0 spiro atoms. The second kappa shape index (κ2) is 10.2.